The van der Waals surface area contributed by atoms with Crippen LogP contribution in [0.4, 0.5) is 4.79 Å². The fourth-order valence-electron chi connectivity index (χ4n) is 4.55. The molecule has 9 nitrogen and oxygen atoms in total. The number of hydrogen-bond acceptors (Lipinski definition) is 6. The highest BCUT2D eigenvalue weighted by Gasteiger charge is 2.40. The molecule has 1 aromatic carbocycles. The Morgan fingerprint density at radius 1 is 1.29 bits per heavy atom. The number of carbonyl (C=O) groups is 3. The second kappa shape index (κ2) is 12.2. The lowest BCUT2D eigenvalue weighted by molar-refractivity contribution is -0.139. The van der Waals surface area contributed by atoms with Crippen LogP contribution < -0.4 is 5.32 Å². The van der Waals surface area contributed by atoms with E-state index in [1.54, 1.807) is 36.1 Å². The second-order valence-electron chi connectivity index (χ2n) is 8.49. The van der Waals surface area contributed by atoms with E-state index in [0.29, 0.717) is 48.0 Å². The van der Waals surface area contributed by atoms with E-state index < -0.39 is 12.0 Å². The zero-order chi connectivity index (χ0) is 25.5. The monoisotopic (exact) mass is 504 g/mol. The molecule has 190 valence electrons. The Morgan fingerprint density at radius 3 is 2.66 bits per heavy atom. The lowest BCUT2D eigenvalue weighted by atomic mass is 9.94. The molecule has 0 radical (unpaired) electrons. The molecule has 0 spiro atoms. The first-order valence-electron chi connectivity index (χ1n) is 11.7. The van der Waals surface area contributed by atoms with Crippen molar-refractivity contribution in [3.05, 3.63) is 58.8 Å². The largest absolute Gasteiger partial charge is 0.463 e. The summed E-state index contributed by atoms with van der Waals surface area (Å²) in [5.74, 6) is -0.571. The van der Waals surface area contributed by atoms with Crippen molar-refractivity contribution >= 4 is 29.5 Å². The molecule has 2 aliphatic rings. The molecule has 10 heteroatoms. The molecule has 2 aliphatic heterocycles. The third kappa shape index (κ3) is 6.04. The maximum atomic E-state index is 13.3. The van der Waals surface area contributed by atoms with E-state index in [2.05, 4.69) is 16.8 Å². The average molecular weight is 505 g/mol. The van der Waals surface area contributed by atoms with E-state index >= 15 is 0 Å². The Morgan fingerprint density at radius 2 is 2.03 bits per heavy atom. The summed E-state index contributed by atoms with van der Waals surface area (Å²) in [5, 5.41) is 3.36. The number of carbonyl (C=O) groups excluding carboxylic acids is 3. The van der Waals surface area contributed by atoms with E-state index in [4.69, 9.17) is 21.1 Å². The summed E-state index contributed by atoms with van der Waals surface area (Å²) in [6.07, 6.45) is 1.61. The van der Waals surface area contributed by atoms with Crippen LogP contribution in [-0.4, -0.2) is 91.7 Å². The standard InChI is InChI=1S/C25H33ClN4O5/c1-5-11-30-20(15-28-12-13-29(17(3)14-28)21(31)16-34-4)22(24(32)35-6-2)23(27-25(30)33)18-9-7-8-10-19(18)26/h5,7-10,17,23H,1,6,11-16H2,2-4H3,(H,27,33). The van der Waals surface area contributed by atoms with Gasteiger partial charge in [0.25, 0.3) is 0 Å². The van der Waals surface area contributed by atoms with Crippen LogP contribution in [0, 0.1) is 0 Å². The summed E-state index contributed by atoms with van der Waals surface area (Å²) in [4.78, 5) is 44.3. The normalized spacial score (nSPS) is 21.1. The van der Waals surface area contributed by atoms with Crippen molar-refractivity contribution in [2.75, 3.05) is 53.0 Å². The zero-order valence-corrected chi connectivity index (χ0v) is 21.2. The molecule has 1 saturated heterocycles. The number of rotatable bonds is 9. The molecule has 35 heavy (non-hydrogen) atoms. The van der Waals surface area contributed by atoms with Gasteiger partial charge >= 0.3 is 12.0 Å². The number of ether oxygens (including phenoxy) is 2. The van der Waals surface area contributed by atoms with E-state index in [0.717, 1.165) is 0 Å². The van der Waals surface area contributed by atoms with Crippen LogP contribution in [0.5, 0.6) is 0 Å². The molecule has 0 aliphatic carbocycles. The van der Waals surface area contributed by atoms with Gasteiger partial charge in [-0.15, -0.1) is 6.58 Å². The highest BCUT2D eigenvalue weighted by molar-refractivity contribution is 6.31. The number of esters is 1. The van der Waals surface area contributed by atoms with Crippen LogP contribution in [-0.2, 0) is 19.1 Å². The number of benzene rings is 1. The molecule has 1 N–H and O–H groups in total. The van der Waals surface area contributed by atoms with Crippen molar-refractivity contribution in [3.63, 3.8) is 0 Å². The molecule has 0 saturated carbocycles. The number of methoxy groups -OCH3 is 1. The number of piperazine rings is 1. The maximum Gasteiger partial charge on any atom is 0.338 e. The third-order valence-corrected chi connectivity index (χ3v) is 6.48. The fraction of sp³-hybridized carbons (Fsp3) is 0.480. The highest BCUT2D eigenvalue weighted by atomic mass is 35.5. The predicted molar refractivity (Wildman–Crippen MR) is 133 cm³/mol. The summed E-state index contributed by atoms with van der Waals surface area (Å²) >= 11 is 6.47. The molecule has 2 unspecified atom stereocenters. The molecule has 2 heterocycles. The predicted octanol–water partition coefficient (Wildman–Crippen LogP) is 2.59. The Hall–Kier alpha value is -2.88. The van der Waals surface area contributed by atoms with Gasteiger partial charge < -0.3 is 19.7 Å². The Kier molecular flexibility index (Phi) is 9.31. The molecule has 3 amide bonds. The van der Waals surface area contributed by atoms with Crippen molar-refractivity contribution in [3.8, 4) is 0 Å². The molecule has 1 aromatic rings. The minimum atomic E-state index is -0.756. The topological polar surface area (TPSA) is 91.4 Å². The molecule has 0 aromatic heterocycles. The molecule has 0 bridgehead atoms. The van der Waals surface area contributed by atoms with Crippen molar-refractivity contribution in [2.45, 2.75) is 25.9 Å². The van der Waals surface area contributed by atoms with Gasteiger partial charge in [-0.05, 0) is 25.5 Å². The first-order valence-corrected chi connectivity index (χ1v) is 12.0. The quantitative estimate of drug-likeness (QED) is 0.410. The van der Waals surface area contributed by atoms with E-state index in [1.807, 2.05) is 13.0 Å². The Balaban J connectivity index is 2.01. The Labute approximate surface area is 211 Å². The third-order valence-electron chi connectivity index (χ3n) is 6.13. The Bertz CT molecular complexity index is 998. The van der Waals surface area contributed by atoms with Gasteiger partial charge in [-0.3, -0.25) is 14.6 Å². The number of halogens is 1. The summed E-state index contributed by atoms with van der Waals surface area (Å²) in [7, 11) is 1.50. The summed E-state index contributed by atoms with van der Waals surface area (Å²) in [6.45, 7) is 9.95. The van der Waals surface area contributed by atoms with E-state index in [-0.39, 0.29) is 37.7 Å². The minimum Gasteiger partial charge on any atom is -0.463 e. The smallest absolute Gasteiger partial charge is 0.338 e. The molecule has 2 atom stereocenters. The summed E-state index contributed by atoms with van der Waals surface area (Å²) < 4.78 is 10.4. The lowest BCUT2D eigenvalue weighted by Crippen LogP contribution is -2.57. The van der Waals surface area contributed by atoms with Gasteiger partial charge in [-0.1, -0.05) is 35.9 Å². The van der Waals surface area contributed by atoms with Gasteiger partial charge in [-0.2, -0.15) is 0 Å². The fourth-order valence-corrected chi connectivity index (χ4v) is 4.80. The average Bonchev–Trinajstić information content (AvgIpc) is 2.81. The van der Waals surface area contributed by atoms with Gasteiger partial charge in [0.1, 0.15) is 6.61 Å². The molecular weight excluding hydrogens is 472 g/mol. The van der Waals surface area contributed by atoms with Crippen molar-refractivity contribution in [1.82, 2.24) is 20.0 Å². The zero-order valence-electron chi connectivity index (χ0n) is 20.5. The SMILES string of the molecule is C=CCN1C(=O)NC(c2ccccc2Cl)C(C(=O)OCC)=C1CN1CCN(C(=O)COC)C(C)C1. The van der Waals surface area contributed by atoms with Crippen molar-refractivity contribution < 1.29 is 23.9 Å². The van der Waals surface area contributed by atoms with Crippen molar-refractivity contribution in [2.24, 2.45) is 0 Å². The van der Waals surface area contributed by atoms with Crippen LogP contribution in [0.2, 0.25) is 5.02 Å². The number of nitrogens with one attached hydrogen (secondary N) is 1. The molecule has 3 rings (SSSR count). The number of hydrogen-bond donors (Lipinski definition) is 1. The first-order chi connectivity index (χ1) is 16.8. The number of amides is 3. The van der Waals surface area contributed by atoms with Gasteiger partial charge in [0.15, 0.2) is 0 Å². The van der Waals surface area contributed by atoms with Crippen LogP contribution in [0.25, 0.3) is 0 Å². The van der Waals surface area contributed by atoms with E-state index in [1.165, 1.54) is 12.0 Å². The number of nitrogens with zero attached hydrogens (tertiary/aromatic N) is 3. The minimum absolute atomic E-state index is 0.0370. The molecule has 1 fully saturated rings. The van der Waals surface area contributed by atoms with Crippen LogP contribution in [0.3, 0.4) is 0 Å². The van der Waals surface area contributed by atoms with Crippen LogP contribution >= 0.6 is 11.6 Å². The molecular formula is C25H33ClN4O5. The van der Waals surface area contributed by atoms with Gasteiger partial charge in [0.05, 0.1) is 18.2 Å². The number of urea groups is 1. The summed E-state index contributed by atoms with van der Waals surface area (Å²) in [5.41, 5.74) is 1.50. The van der Waals surface area contributed by atoms with Crippen LogP contribution in [0.1, 0.15) is 25.5 Å². The maximum absolute atomic E-state index is 13.3. The van der Waals surface area contributed by atoms with E-state index in [9.17, 15) is 14.4 Å². The first kappa shape index (κ1) is 26.7. The van der Waals surface area contributed by atoms with Crippen LogP contribution in [0.15, 0.2) is 48.2 Å². The summed E-state index contributed by atoms with van der Waals surface area (Å²) in [6, 6.07) is 5.95. The lowest BCUT2D eigenvalue weighted by Gasteiger charge is -2.43. The van der Waals surface area contributed by atoms with Crippen molar-refractivity contribution in [1.29, 1.82) is 0 Å². The van der Waals surface area contributed by atoms with Gasteiger partial charge in [0, 0.05) is 56.6 Å². The van der Waals surface area contributed by atoms with Gasteiger partial charge in [-0.25, -0.2) is 9.59 Å². The second-order valence-corrected chi connectivity index (χ2v) is 8.90. The highest BCUT2D eigenvalue weighted by Crippen LogP contribution is 2.35. The van der Waals surface area contributed by atoms with Gasteiger partial charge in [0.2, 0.25) is 5.91 Å².